The van der Waals surface area contributed by atoms with Gasteiger partial charge in [-0.3, -0.25) is 0 Å². The molecule has 5 aliphatic heterocycles. The summed E-state index contributed by atoms with van der Waals surface area (Å²) >= 11 is 0. The predicted octanol–water partition coefficient (Wildman–Crippen LogP) is 2.69. The van der Waals surface area contributed by atoms with Gasteiger partial charge in [-0.1, -0.05) is 36.8 Å². The van der Waals surface area contributed by atoms with Crippen molar-refractivity contribution in [2.24, 2.45) is 10.8 Å². The van der Waals surface area contributed by atoms with Crippen LogP contribution in [0.1, 0.15) is 40.5 Å². The van der Waals surface area contributed by atoms with E-state index in [4.69, 9.17) is 33.2 Å². The standard InChI is InChI=1S/C29H34O9/c1-15-9-23(31)32-13-28-20(11-16(2)25-26(28)38-25)36-21-12-19(27(28,4)29(21)14-33-29)37-22(30)8-6-5-7-18-17(3)34-24(10-15)35-18/h5-9,11,17-21,24-26H,10,12-14H2,1-4H3. The summed E-state index contributed by atoms with van der Waals surface area (Å²) in [5, 5.41) is 0. The molecule has 204 valence electrons. The van der Waals surface area contributed by atoms with Crippen molar-refractivity contribution in [2.45, 2.75) is 95.2 Å². The van der Waals surface area contributed by atoms with Crippen LogP contribution in [-0.2, 0) is 42.7 Å². The fraction of sp³-hybridized carbons (Fsp3) is 0.655. The molecule has 0 amide bonds. The summed E-state index contributed by atoms with van der Waals surface area (Å²) in [5.41, 5.74) is -0.179. The lowest BCUT2D eigenvalue weighted by molar-refractivity contribution is -0.235. The van der Waals surface area contributed by atoms with Gasteiger partial charge in [0.15, 0.2) is 6.29 Å². The van der Waals surface area contributed by atoms with Crippen LogP contribution < -0.4 is 0 Å². The van der Waals surface area contributed by atoms with Crippen molar-refractivity contribution < 1.29 is 42.7 Å². The summed E-state index contributed by atoms with van der Waals surface area (Å²) in [4.78, 5) is 26.1. The van der Waals surface area contributed by atoms with Gasteiger partial charge in [0, 0.05) is 25.0 Å². The van der Waals surface area contributed by atoms with Crippen molar-refractivity contribution in [3.8, 4) is 0 Å². The van der Waals surface area contributed by atoms with Gasteiger partial charge >= 0.3 is 11.9 Å². The maximum Gasteiger partial charge on any atom is 0.331 e. The number of hydrogen-bond acceptors (Lipinski definition) is 9. The summed E-state index contributed by atoms with van der Waals surface area (Å²) in [6.07, 6.45) is 8.96. The van der Waals surface area contributed by atoms with E-state index in [1.807, 2.05) is 26.8 Å². The highest BCUT2D eigenvalue weighted by Crippen LogP contribution is 2.74. The molecule has 9 heteroatoms. The molecule has 4 saturated heterocycles. The van der Waals surface area contributed by atoms with Gasteiger partial charge in [-0.2, -0.15) is 0 Å². The maximum atomic E-state index is 13.1. The van der Waals surface area contributed by atoms with Gasteiger partial charge in [0.1, 0.15) is 36.6 Å². The largest absolute Gasteiger partial charge is 0.462 e. The first-order chi connectivity index (χ1) is 18.2. The van der Waals surface area contributed by atoms with Crippen LogP contribution in [-0.4, -0.2) is 79.8 Å². The van der Waals surface area contributed by atoms with Crippen molar-refractivity contribution in [1.29, 1.82) is 0 Å². The molecule has 11 atom stereocenters. The molecule has 11 unspecified atom stereocenters. The quantitative estimate of drug-likeness (QED) is 0.268. The maximum absolute atomic E-state index is 13.1. The molecule has 1 saturated carbocycles. The minimum atomic E-state index is -0.779. The fourth-order valence-corrected chi connectivity index (χ4v) is 7.73. The molecule has 9 nitrogen and oxygen atoms in total. The Hall–Kier alpha value is -2.30. The molecule has 0 aromatic rings. The molecule has 0 N–H and O–H groups in total. The topological polar surface area (TPSA) is 105 Å². The van der Waals surface area contributed by atoms with Crippen molar-refractivity contribution in [3.63, 3.8) is 0 Å². The summed E-state index contributed by atoms with van der Waals surface area (Å²) in [6.45, 7) is 8.50. The molecule has 7 aliphatic rings. The van der Waals surface area contributed by atoms with Gasteiger partial charge in [-0.15, -0.1) is 0 Å². The molecule has 2 aliphatic carbocycles. The molecule has 0 aromatic carbocycles. The number of hydrogen-bond donors (Lipinski definition) is 0. The number of allylic oxidation sites excluding steroid dienone is 2. The molecule has 5 fully saturated rings. The highest BCUT2D eigenvalue weighted by Gasteiger charge is 2.87. The van der Waals surface area contributed by atoms with Gasteiger partial charge in [-0.25, -0.2) is 9.59 Å². The number of fused-ring (bicyclic) bond motifs is 3. The summed E-state index contributed by atoms with van der Waals surface area (Å²) in [6, 6.07) is 0. The summed E-state index contributed by atoms with van der Waals surface area (Å²) in [7, 11) is 0. The average Bonchev–Trinajstić information content (AvgIpc) is 3.76. The normalized spacial score (nSPS) is 51.2. The van der Waals surface area contributed by atoms with E-state index in [0.717, 1.165) is 11.1 Å². The molecule has 5 heterocycles. The number of ether oxygens (including phenoxy) is 7. The zero-order valence-electron chi connectivity index (χ0n) is 22.1. The Balaban J connectivity index is 1.28. The average molecular weight is 527 g/mol. The predicted molar refractivity (Wildman–Crippen MR) is 132 cm³/mol. The SMILES string of the molecule is CC1=CC(=O)OCC23C(C=C(C)C4OC42)OC2CC(OC(=O)C=CC=CC4OC(C1)OC4C)C3(C)C21CO1. The minimum absolute atomic E-state index is 0.0573. The number of epoxide rings is 2. The second-order valence-corrected chi connectivity index (χ2v) is 11.9. The Morgan fingerprint density at radius 2 is 1.79 bits per heavy atom. The number of esters is 2. The van der Waals surface area contributed by atoms with Gasteiger partial charge in [0.25, 0.3) is 0 Å². The Morgan fingerprint density at radius 1 is 0.974 bits per heavy atom. The number of carbonyl (C=O) groups excluding carboxylic acids is 2. The Bertz CT molecular complexity index is 1180. The van der Waals surface area contributed by atoms with Crippen LogP contribution in [0, 0.1) is 10.8 Å². The van der Waals surface area contributed by atoms with Crippen molar-refractivity contribution in [1.82, 2.24) is 0 Å². The monoisotopic (exact) mass is 526 g/mol. The van der Waals surface area contributed by atoms with Gasteiger partial charge in [-0.05, 0) is 26.3 Å². The van der Waals surface area contributed by atoms with E-state index in [1.165, 1.54) is 12.2 Å². The molecule has 4 bridgehead atoms. The molecule has 0 radical (unpaired) electrons. The summed E-state index contributed by atoms with van der Waals surface area (Å²) in [5.74, 6) is -0.897. The van der Waals surface area contributed by atoms with E-state index in [1.54, 1.807) is 12.2 Å². The zero-order chi connectivity index (χ0) is 26.4. The lowest BCUT2D eigenvalue weighted by atomic mass is 9.51. The second-order valence-electron chi connectivity index (χ2n) is 11.9. The van der Waals surface area contributed by atoms with Crippen LogP contribution in [0.5, 0.6) is 0 Å². The van der Waals surface area contributed by atoms with Crippen molar-refractivity contribution in [2.75, 3.05) is 13.2 Å². The van der Waals surface area contributed by atoms with Crippen LogP contribution in [0.2, 0.25) is 0 Å². The van der Waals surface area contributed by atoms with Crippen molar-refractivity contribution in [3.05, 3.63) is 47.6 Å². The van der Waals surface area contributed by atoms with Crippen LogP contribution >= 0.6 is 0 Å². The Morgan fingerprint density at radius 3 is 2.58 bits per heavy atom. The molecule has 2 spiro atoms. The van der Waals surface area contributed by atoms with E-state index in [9.17, 15) is 9.59 Å². The first-order valence-corrected chi connectivity index (χ1v) is 13.5. The van der Waals surface area contributed by atoms with Crippen LogP contribution in [0.15, 0.2) is 47.6 Å². The van der Waals surface area contributed by atoms with E-state index in [2.05, 4.69) is 13.0 Å². The Labute approximate surface area is 221 Å². The van der Waals surface area contributed by atoms with E-state index in [0.29, 0.717) is 19.4 Å². The molecular weight excluding hydrogens is 492 g/mol. The smallest absolute Gasteiger partial charge is 0.331 e. The highest BCUT2D eigenvalue weighted by atomic mass is 16.7. The van der Waals surface area contributed by atoms with E-state index < -0.39 is 40.8 Å². The number of cyclic esters (lactones) is 1. The van der Waals surface area contributed by atoms with Crippen molar-refractivity contribution >= 4 is 11.9 Å². The highest BCUT2D eigenvalue weighted by molar-refractivity contribution is 5.83. The van der Waals surface area contributed by atoms with Gasteiger partial charge in [0.2, 0.25) is 0 Å². The molecule has 7 rings (SSSR count). The van der Waals surface area contributed by atoms with Crippen LogP contribution in [0.25, 0.3) is 0 Å². The zero-order valence-corrected chi connectivity index (χ0v) is 22.1. The van der Waals surface area contributed by atoms with E-state index >= 15 is 0 Å². The third-order valence-electron chi connectivity index (χ3n) is 9.92. The fourth-order valence-electron chi connectivity index (χ4n) is 7.73. The third-order valence-corrected chi connectivity index (χ3v) is 9.92. The van der Waals surface area contributed by atoms with E-state index in [-0.39, 0.29) is 43.2 Å². The lowest BCUT2D eigenvalue weighted by Gasteiger charge is -2.57. The first kappa shape index (κ1) is 24.7. The van der Waals surface area contributed by atoms with Gasteiger partial charge < -0.3 is 33.2 Å². The molecular formula is C29H34O9. The molecule has 38 heavy (non-hydrogen) atoms. The lowest BCUT2D eigenvalue weighted by Crippen LogP contribution is -2.69. The van der Waals surface area contributed by atoms with Crippen LogP contribution in [0.3, 0.4) is 0 Å². The molecule has 0 aromatic heterocycles. The minimum Gasteiger partial charge on any atom is -0.462 e. The second kappa shape index (κ2) is 8.35. The number of carbonyl (C=O) groups is 2. The summed E-state index contributed by atoms with van der Waals surface area (Å²) < 4.78 is 43.1. The van der Waals surface area contributed by atoms with Gasteiger partial charge in [0.05, 0.1) is 35.7 Å². The first-order valence-electron chi connectivity index (χ1n) is 13.5. The third kappa shape index (κ3) is 3.35. The Kier molecular flexibility index (Phi) is 5.43. The number of rotatable bonds is 0. The van der Waals surface area contributed by atoms with Crippen LogP contribution in [0.4, 0.5) is 0 Å².